The maximum atomic E-state index is 12.4. The quantitative estimate of drug-likeness (QED) is 0.849. The first-order valence-electron chi connectivity index (χ1n) is 7.57. The van der Waals surface area contributed by atoms with E-state index in [0.717, 1.165) is 5.56 Å². The number of carbonyl (C=O) groups is 2. The highest BCUT2D eigenvalue weighted by atomic mass is 32.1. The average molecular weight is 362 g/mol. The van der Waals surface area contributed by atoms with Gasteiger partial charge in [-0.1, -0.05) is 0 Å². The molecule has 0 bridgehead atoms. The summed E-state index contributed by atoms with van der Waals surface area (Å²) in [6.07, 6.45) is 0.229. The van der Waals surface area contributed by atoms with Crippen molar-refractivity contribution in [3.8, 4) is 22.1 Å². The minimum Gasteiger partial charge on any atom is -0.479 e. The first-order chi connectivity index (χ1) is 12.1. The molecule has 8 nitrogen and oxygen atoms in total. The number of nitrogens with one attached hydrogen (secondary N) is 1. The third-order valence-electron chi connectivity index (χ3n) is 4.14. The van der Waals surface area contributed by atoms with Crippen molar-refractivity contribution in [2.75, 3.05) is 20.0 Å². The first kappa shape index (κ1) is 15.9. The molecular formula is C16H14N2O6S. The smallest absolute Gasteiger partial charge is 0.331 e. The molecule has 1 fully saturated rings. The number of nitrogens with zero attached hydrogens (tertiary/aromatic N) is 1. The summed E-state index contributed by atoms with van der Waals surface area (Å²) in [6, 6.07) is 5.41. The lowest BCUT2D eigenvalue weighted by Gasteiger charge is -2.22. The van der Waals surface area contributed by atoms with Gasteiger partial charge in [-0.05, 0) is 18.2 Å². The molecule has 25 heavy (non-hydrogen) atoms. The molecule has 1 saturated heterocycles. The van der Waals surface area contributed by atoms with Gasteiger partial charge in [-0.25, -0.2) is 9.78 Å². The number of benzene rings is 1. The van der Waals surface area contributed by atoms with E-state index in [1.165, 1.54) is 11.3 Å². The second-order valence-corrected chi connectivity index (χ2v) is 6.61. The van der Waals surface area contributed by atoms with Crippen LogP contribution in [0.2, 0.25) is 0 Å². The van der Waals surface area contributed by atoms with E-state index >= 15 is 0 Å². The SMILES string of the molecule is O=C(NC1(C(=O)O)CCOC1)c1csc(-c2ccc3c(c2)OCO3)n1. The van der Waals surface area contributed by atoms with Crippen LogP contribution in [0.15, 0.2) is 23.6 Å². The number of aromatic nitrogens is 1. The van der Waals surface area contributed by atoms with Gasteiger partial charge < -0.3 is 24.6 Å². The molecular weight excluding hydrogens is 348 g/mol. The van der Waals surface area contributed by atoms with Gasteiger partial charge in [-0.3, -0.25) is 4.79 Å². The van der Waals surface area contributed by atoms with Gasteiger partial charge >= 0.3 is 5.97 Å². The molecule has 130 valence electrons. The second kappa shape index (κ2) is 6.01. The average Bonchev–Trinajstić information content (AvgIpc) is 3.34. The molecule has 2 aromatic rings. The van der Waals surface area contributed by atoms with Crippen molar-refractivity contribution < 1.29 is 28.9 Å². The van der Waals surface area contributed by atoms with Crippen LogP contribution in [0.25, 0.3) is 10.6 Å². The lowest BCUT2D eigenvalue weighted by molar-refractivity contribution is -0.144. The molecule has 2 N–H and O–H groups in total. The highest BCUT2D eigenvalue weighted by Crippen LogP contribution is 2.36. The summed E-state index contributed by atoms with van der Waals surface area (Å²) in [7, 11) is 0. The number of thiazole rings is 1. The third-order valence-corrected chi connectivity index (χ3v) is 5.03. The zero-order valence-corrected chi connectivity index (χ0v) is 13.8. The first-order valence-corrected chi connectivity index (χ1v) is 8.45. The largest absolute Gasteiger partial charge is 0.479 e. The Labute approximate surface area is 146 Å². The summed E-state index contributed by atoms with van der Waals surface area (Å²) in [4.78, 5) is 28.2. The maximum absolute atomic E-state index is 12.4. The lowest BCUT2D eigenvalue weighted by Crippen LogP contribution is -2.55. The number of carboxylic acids is 1. The molecule has 3 heterocycles. The van der Waals surface area contributed by atoms with Crippen molar-refractivity contribution in [3.05, 3.63) is 29.3 Å². The van der Waals surface area contributed by atoms with Crippen LogP contribution >= 0.6 is 11.3 Å². The summed E-state index contributed by atoms with van der Waals surface area (Å²) in [5.74, 6) is -0.338. The van der Waals surface area contributed by atoms with E-state index in [9.17, 15) is 14.7 Å². The number of carbonyl (C=O) groups excluding carboxylic acids is 1. The standard InChI is InChI=1S/C16H14N2O6S/c19-13(18-16(15(20)21)3-4-22-7-16)10-6-25-14(17-10)9-1-2-11-12(5-9)24-8-23-11/h1-2,5-6H,3-4,7-8H2,(H,18,19)(H,20,21). The van der Waals surface area contributed by atoms with Crippen LogP contribution in [0.3, 0.4) is 0 Å². The van der Waals surface area contributed by atoms with Gasteiger partial charge in [-0.15, -0.1) is 11.3 Å². The fraction of sp³-hybridized carbons (Fsp3) is 0.312. The maximum Gasteiger partial charge on any atom is 0.331 e. The number of carboxylic acid groups (broad SMARTS) is 1. The molecule has 9 heteroatoms. The van der Waals surface area contributed by atoms with Crippen LogP contribution in [0.4, 0.5) is 0 Å². The van der Waals surface area contributed by atoms with Crippen LogP contribution in [0, 0.1) is 0 Å². The zero-order chi connectivity index (χ0) is 17.4. The lowest BCUT2D eigenvalue weighted by atomic mass is 9.99. The molecule has 1 atom stereocenters. The van der Waals surface area contributed by atoms with E-state index < -0.39 is 17.4 Å². The van der Waals surface area contributed by atoms with E-state index in [1.807, 2.05) is 6.07 Å². The van der Waals surface area contributed by atoms with Gasteiger partial charge in [0.25, 0.3) is 5.91 Å². The van der Waals surface area contributed by atoms with Gasteiger partial charge in [0, 0.05) is 24.0 Å². The second-order valence-electron chi connectivity index (χ2n) is 5.75. The van der Waals surface area contributed by atoms with E-state index in [-0.39, 0.29) is 25.5 Å². The molecule has 0 spiro atoms. The molecule has 1 aromatic carbocycles. The van der Waals surface area contributed by atoms with Crippen LogP contribution < -0.4 is 14.8 Å². The van der Waals surface area contributed by atoms with Crippen LogP contribution in [0.1, 0.15) is 16.9 Å². The third kappa shape index (κ3) is 2.81. The number of rotatable bonds is 4. The summed E-state index contributed by atoms with van der Waals surface area (Å²) < 4.78 is 15.7. The van der Waals surface area contributed by atoms with Gasteiger partial charge in [0.2, 0.25) is 6.79 Å². The molecule has 1 unspecified atom stereocenters. The Balaban J connectivity index is 1.55. The Hall–Kier alpha value is -2.65. The summed E-state index contributed by atoms with van der Waals surface area (Å²) in [5, 5.41) is 14.2. The number of hydrogen-bond donors (Lipinski definition) is 2. The van der Waals surface area contributed by atoms with E-state index in [0.29, 0.717) is 23.1 Å². The van der Waals surface area contributed by atoms with Crippen molar-refractivity contribution in [1.82, 2.24) is 10.3 Å². The van der Waals surface area contributed by atoms with Gasteiger partial charge in [-0.2, -0.15) is 0 Å². The van der Waals surface area contributed by atoms with Crippen LogP contribution in [-0.4, -0.2) is 47.5 Å². The Kier molecular flexibility index (Phi) is 3.81. The summed E-state index contributed by atoms with van der Waals surface area (Å²) in [5.41, 5.74) is -0.421. The number of ether oxygens (including phenoxy) is 3. The fourth-order valence-electron chi connectivity index (χ4n) is 2.71. The van der Waals surface area contributed by atoms with Crippen LogP contribution in [-0.2, 0) is 9.53 Å². The topological polar surface area (TPSA) is 107 Å². The monoisotopic (exact) mass is 362 g/mol. The Bertz CT molecular complexity index is 843. The van der Waals surface area contributed by atoms with Crippen molar-refractivity contribution in [2.45, 2.75) is 12.0 Å². The molecule has 4 rings (SSSR count). The molecule has 0 aliphatic carbocycles. The normalized spacial score (nSPS) is 21.3. The Morgan fingerprint density at radius 3 is 2.88 bits per heavy atom. The van der Waals surface area contributed by atoms with Gasteiger partial charge in [0.1, 0.15) is 10.7 Å². The van der Waals surface area contributed by atoms with Crippen LogP contribution in [0.5, 0.6) is 11.5 Å². The molecule has 0 radical (unpaired) electrons. The summed E-state index contributed by atoms with van der Waals surface area (Å²) in [6.45, 7) is 0.434. The van der Waals surface area contributed by atoms with Gasteiger partial charge in [0.15, 0.2) is 17.0 Å². The summed E-state index contributed by atoms with van der Waals surface area (Å²) >= 11 is 1.29. The predicted octanol–water partition coefficient (Wildman–Crippen LogP) is 1.51. The van der Waals surface area contributed by atoms with Crippen molar-refractivity contribution in [3.63, 3.8) is 0 Å². The molecule has 1 amide bonds. The van der Waals surface area contributed by atoms with Crippen molar-refractivity contribution >= 4 is 23.2 Å². The molecule has 1 aromatic heterocycles. The zero-order valence-electron chi connectivity index (χ0n) is 13.0. The fourth-order valence-corrected chi connectivity index (χ4v) is 3.50. The van der Waals surface area contributed by atoms with Crippen molar-refractivity contribution in [1.29, 1.82) is 0 Å². The minimum absolute atomic E-state index is 0.0484. The Morgan fingerprint density at radius 2 is 2.12 bits per heavy atom. The molecule has 0 saturated carbocycles. The van der Waals surface area contributed by atoms with Crippen molar-refractivity contribution in [2.24, 2.45) is 0 Å². The van der Waals surface area contributed by atoms with Gasteiger partial charge in [0.05, 0.1) is 6.61 Å². The number of fused-ring (bicyclic) bond motifs is 1. The van der Waals surface area contributed by atoms with E-state index in [1.54, 1.807) is 17.5 Å². The highest BCUT2D eigenvalue weighted by Gasteiger charge is 2.44. The number of hydrogen-bond acceptors (Lipinski definition) is 7. The molecule has 2 aliphatic heterocycles. The number of aliphatic carboxylic acids is 1. The predicted molar refractivity (Wildman–Crippen MR) is 86.9 cm³/mol. The highest BCUT2D eigenvalue weighted by molar-refractivity contribution is 7.13. The van der Waals surface area contributed by atoms with E-state index in [4.69, 9.17) is 14.2 Å². The number of amides is 1. The molecule has 2 aliphatic rings. The minimum atomic E-state index is -1.39. The Morgan fingerprint density at radius 1 is 1.28 bits per heavy atom. The van der Waals surface area contributed by atoms with E-state index in [2.05, 4.69) is 10.3 Å².